The molecule has 5 nitrogen and oxygen atoms in total. The molecule has 2 rings (SSSR count). The third-order valence-corrected chi connectivity index (χ3v) is 5.49. The van der Waals surface area contributed by atoms with E-state index < -0.39 is 10.0 Å². The number of nitrogens with zero attached hydrogens (tertiary/aromatic N) is 1. The summed E-state index contributed by atoms with van der Waals surface area (Å²) < 4.78 is 32.2. The highest BCUT2D eigenvalue weighted by atomic mass is 32.2. The minimum atomic E-state index is -3.43. The van der Waals surface area contributed by atoms with Gasteiger partial charge in [0.25, 0.3) is 0 Å². The van der Waals surface area contributed by atoms with Crippen molar-refractivity contribution in [3.63, 3.8) is 0 Å². The zero-order valence-corrected chi connectivity index (χ0v) is 13.0. The Morgan fingerprint density at radius 2 is 2.20 bits per heavy atom. The second-order valence-electron chi connectivity index (χ2n) is 5.13. The first kappa shape index (κ1) is 15.4. The summed E-state index contributed by atoms with van der Waals surface area (Å²) in [5, 5.41) is 3.12. The van der Waals surface area contributed by atoms with Gasteiger partial charge in [-0.05, 0) is 38.6 Å². The van der Waals surface area contributed by atoms with E-state index in [0.717, 1.165) is 5.56 Å². The van der Waals surface area contributed by atoms with E-state index in [-0.39, 0.29) is 12.1 Å². The molecular weight excluding hydrogens is 276 g/mol. The van der Waals surface area contributed by atoms with Gasteiger partial charge in [0.05, 0.1) is 17.6 Å². The Kier molecular flexibility index (Phi) is 4.80. The van der Waals surface area contributed by atoms with Crippen molar-refractivity contribution in [1.82, 2.24) is 9.62 Å². The van der Waals surface area contributed by atoms with Crippen LogP contribution in [-0.4, -0.2) is 45.6 Å². The third kappa shape index (κ3) is 3.20. The van der Waals surface area contributed by atoms with Crippen molar-refractivity contribution in [3.05, 3.63) is 29.8 Å². The molecule has 0 aliphatic carbocycles. The van der Waals surface area contributed by atoms with Crippen LogP contribution in [0.15, 0.2) is 29.2 Å². The van der Waals surface area contributed by atoms with Crippen molar-refractivity contribution in [1.29, 1.82) is 0 Å². The molecule has 0 spiro atoms. The van der Waals surface area contributed by atoms with Crippen molar-refractivity contribution in [2.24, 2.45) is 0 Å². The Morgan fingerprint density at radius 3 is 2.85 bits per heavy atom. The Morgan fingerprint density at radius 1 is 1.45 bits per heavy atom. The molecule has 112 valence electrons. The maximum absolute atomic E-state index is 12.6. The lowest BCUT2D eigenvalue weighted by molar-refractivity contribution is 0.0102. The van der Waals surface area contributed by atoms with E-state index in [1.54, 1.807) is 18.2 Å². The van der Waals surface area contributed by atoms with Crippen LogP contribution in [0, 0.1) is 0 Å². The number of sulfonamides is 1. The summed E-state index contributed by atoms with van der Waals surface area (Å²) in [5.41, 5.74) is 0.967. The van der Waals surface area contributed by atoms with Crippen LogP contribution < -0.4 is 5.32 Å². The standard InChI is InChI=1S/C14H22N2O3S/c1-11-10-16(7-8-19-11)20(17,18)14-6-4-5-13(9-14)12(2)15-3/h4-6,9,11-12,15H,7-8,10H2,1-3H3. The van der Waals surface area contributed by atoms with Crippen molar-refractivity contribution < 1.29 is 13.2 Å². The SMILES string of the molecule is CNC(C)c1cccc(S(=O)(=O)N2CCOC(C)C2)c1. The summed E-state index contributed by atoms with van der Waals surface area (Å²) in [7, 11) is -1.58. The van der Waals surface area contributed by atoms with Crippen molar-refractivity contribution in [2.75, 3.05) is 26.7 Å². The summed E-state index contributed by atoms with van der Waals surface area (Å²) in [5.74, 6) is 0. The Hall–Kier alpha value is -0.950. The maximum atomic E-state index is 12.6. The van der Waals surface area contributed by atoms with Gasteiger partial charge in [-0.2, -0.15) is 4.31 Å². The van der Waals surface area contributed by atoms with Crippen LogP contribution in [0.1, 0.15) is 25.5 Å². The molecule has 20 heavy (non-hydrogen) atoms. The van der Waals surface area contributed by atoms with E-state index in [0.29, 0.717) is 24.6 Å². The number of hydrogen-bond donors (Lipinski definition) is 1. The maximum Gasteiger partial charge on any atom is 0.243 e. The molecule has 1 N–H and O–H groups in total. The number of morpholine rings is 1. The van der Waals surface area contributed by atoms with Crippen molar-refractivity contribution in [2.45, 2.75) is 30.9 Å². The van der Waals surface area contributed by atoms with Crippen LogP contribution in [0.3, 0.4) is 0 Å². The van der Waals surface area contributed by atoms with Crippen molar-refractivity contribution >= 4 is 10.0 Å². The van der Waals surface area contributed by atoms with Gasteiger partial charge < -0.3 is 10.1 Å². The number of hydrogen-bond acceptors (Lipinski definition) is 4. The van der Waals surface area contributed by atoms with Crippen LogP contribution >= 0.6 is 0 Å². The molecule has 0 aromatic heterocycles. The van der Waals surface area contributed by atoms with Crippen LogP contribution in [-0.2, 0) is 14.8 Å². The van der Waals surface area contributed by atoms with Crippen molar-refractivity contribution in [3.8, 4) is 0 Å². The minimum Gasteiger partial charge on any atom is -0.376 e. The van der Waals surface area contributed by atoms with E-state index in [4.69, 9.17) is 4.74 Å². The lowest BCUT2D eigenvalue weighted by atomic mass is 10.1. The predicted molar refractivity (Wildman–Crippen MR) is 78.1 cm³/mol. The number of rotatable bonds is 4. The second kappa shape index (κ2) is 6.22. The molecule has 1 aliphatic heterocycles. The topological polar surface area (TPSA) is 58.6 Å². The monoisotopic (exact) mass is 298 g/mol. The molecule has 1 aliphatic rings. The average Bonchev–Trinajstić information content (AvgIpc) is 2.46. The average molecular weight is 298 g/mol. The van der Waals surface area contributed by atoms with Gasteiger partial charge in [-0.3, -0.25) is 0 Å². The highest BCUT2D eigenvalue weighted by Crippen LogP contribution is 2.22. The van der Waals surface area contributed by atoms with E-state index >= 15 is 0 Å². The summed E-state index contributed by atoms with van der Waals surface area (Å²) in [6.45, 7) is 5.17. The summed E-state index contributed by atoms with van der Waals surface area (Å²) in [6.07, 6.45) is -0.0575. The molecule has 0 saturated carbocycles. The number of nitrogens with one attached hydrogen (secondary N) is 1. The molecule has 1 saturated heterocycles. The van der Waals surface area contributed by atoms with Gasteiger partial charge in [-0.15, -0.1) is 0 Å². The van der Waals surface area contributed by atoms with E-state index in [2.05, 4.69) is 5.32 Å². The second-order valence-corrected chi connectivity index (χ2v) is 7.07. The lowest BCUT2D eigenvalue weighted by Crippen LogP contribution is -2.44. The Bertz CT molecular complexity index is 559. The van der Waals surface area contributed by atoms with Crippen LogP contribution in [0.2, 0.25) is 0 Å². The lowest BCUT2D eigenvalue weighted by Gasteiger charge is -2.30. The summed E-state index contributed by atoms with van der Waals surface area (Å²) in [6, 6.07) is 7.24. The molecule has 1 aromatic rings. The molecule has 2 unspecified atom stereocenters. The van der Waals surface area contributed by atoms with Gasteiger partial charge in [0.2, 0.25) is 10.0 Å². The third-order valence-electron chi connectivity index (χ3n) is 3.63. The van der Waals surface area contributed by atoms with Crippen LogP contribution in [0.5, 0.6) is 0 Å². The first-order valence-corrected chi connectivity index (χ1v) is 8.28. The van der Waals surface area contributed by atoms with E-state index in [9.17, 15) is 8.42 Å². The van der Waals surface area contributed by atoms with Crippen LogP contribution in [0.4, 0.5) is 0 Å². The fourth-order valence-electron chi connectivity index (χ4n) is 2.26. The quantitative estimate of drug-likeness (QED) is 0.912. The van der Waals surface area contributed by atoms with Gasteiger partial charge >= 0.3 is 0 Å². The molecule has 6 heteroatoms. The minimum absolute atomic E-state index is 0.0575. The zero-order chi connectivity index (χ0) is 14.8. The fraction of sp³-hybridized carbons (Fsp3) is 0.571. The van der Waals surface area contributed by atoms with E-state index in [1.165, 1.54) is 4.31 Å². The molecule has 0 bridgehead atoms. The first-order valence-electron chi connectivity index (χ1n) is 6.84. The number of benzene rings is 1. The smallest absolute Gasteiger partial charge is 0.243 e. The van der Waals surface area contributed by atoms with Gasteiger partial charge in [-0.25, -0.2) is 8.42 Å². The Balaban J connectivity index is 2.29. The normalized spacial score (nSPS) is 22.6. The molecule has 2 atom stereocenters. The highest BCUT2D eigenvalue weighted by Gasteiger charge is 2.29. The van der Waals surface area contributed by atoms with Gasteiger partial charge in [0.1, 0.15) is 0 Å². The van der Waals surface area contributed by atoms with Crippen LogP contribution in [0.25, 0.3) is 0 Å². The highest BCUT2D eigenvalue weighted by molar-refractivity contribution is 7.89. The molecule has 0 amide bonds. The molecule has 0 radical (unpaired) electrons. The fourth-order valence-corrected chi connectivity index (χ4v) is 3.82. The molecule has 1 aromatic carbocycles. The van der Waals surface area contributed by atoms with Gasteiger partial charge in [0, 0.05) is 19.1 Å². The summed E-state index contributed by atoms with van der Waals surface area (Å²) >= 11 is 0. The largest absolute Gasteiger partial charge is 0.376 e. The van der Waals surface area contributed by atoms with Gasteiger partial charge in [-0.1, -0.05) is 12.1 Å². The molecular formula is C14H22N2O3S. The zero-order valence-electron chi connectivity index (χ0n) is 12.2. The Labute approximate surface area is 121 Å². The first-order chi connectivity index (χ1) is 9.45. The van der Waals surface area contributed by atoms with Gasteiger partial charge in [0.15, 0.2) is 0 Å². The predicted octanol–water partition coefficient (Wildman–Crippen LogP) is 1.38. The summed E-state index contributed by atoms with van der Waals surface area (Å²) in [4.78, 5) is 0.353. The molecule has 1 heterocycles. The number of ether oxygens (including phenoxy) is 1. The molecule has 1 fully saturated rings. The van der Waals surface area contributed by atoms with E-state index in [1.807, 2.05) is 27.0 Å².